The molecule has 0 spiro atoms. The van der Waals surface area contributed by atoms with Gasteiger partial charge in [0.15, 0.2) is 3.68 Å². The topological polar surface area (TPSA) is 0 Å². The van der Waals surface area contributed by atoms with Gasteiger partial charge in [-0.15, -0.1) is 11.3 Å². The van der Waals surface area contributed by atoms with Crippen LogP contribution in [0.25, 0.3) is 10.4 Å². The Morgan fingerprint density at radius 3 is 2.33 bits per heavy atom. The molecule has 0 saturated heterocycles. The van der Waals surface area contributed by atoms with E-state index in [1.165, 1.54) is 4.88 Å². The van der Waals surface area contributed by atoms with Crippen molar-refractivity contribution in [1.29, 1.82) is 0 Å². The van der Waals surface area contributed by atoms with Gasteiger partial charge in [0.05, 0.1) is 0 Å². The summed E-state index contributed by atoms with van der Waals surface area (Å²) < 4.78 is 12.3. The molecule has 2 rings (SSSR count). The maximum absolute atomic E-state index is 13.6. The van der Waals surface area contributed by atoms with E-state index in [-0.39, 0.29) is 0 Å². The van der Waals surface area contributed by atoms with E-state index in [4.69, 9.17) is 0 Å². The van der Waals surface area contributed by atoms with E-state index < -0.39 is 3.68 Å². The average molecular weight is 332 g/mol. The van der Waals surface area contributed by atoms with Crippen LogP contribution in [-0.2, 0) is 3.68 Å². The first-order valence-corrected chi connectivity index (χ1v) is 6.55. The summed E-state index contributed by atoms with van der Waals surface area (Å²) in [4.78, 5) is 1.22. The number of alkyl halides is 2. The molecule has 0 amide bonds. The van der Waals surface area contributed by atoms with Gasteiger partial charge >= 0.3 is 0 Å². The summed E-state index contributed by atoms with van der Waals surface area (Å²) >= 11 is 3.50. The molecule has 0 aliphatic carbocycles. The zero-order valence-corrected chi connectivity index (χ0v) is 11.2. The predicted octanol–water partition coefficient (Wildman–Crippen LogP) is 4.99. The van der Waals surface area contributed by atoms with Crippen molar-refractivity contribution in [1.82, 2.24) is 0 Å². The fraction of sp³-hybridized carbons (Fsp3) is 0.167. The summed E-state index contributed by atoms with van der Waals surface area (Å²) in [5, 5.41) is 2.04. The van der Waals surface area contributed by atoms with Crippen molar-refractivity contribution in [2.75, 3.05) is 0 Å². The Balaban J connectivity index is 2.33. The fourth-order valence-corrected chi connectivity index (χ4v) is 2.46. The standard InChI is InChI=1S/C12H10FIS/c1-12(13,14)10-6-4-9(5-7-10)11-3-2-8-15-11/h2-8H,1H3. The van der Waals surface area contributed by atoms with Crippen LogP contribution >= 0.6 is 33.9 Å². The predicted molar refractivity (Wildman–Crippen MR) is 72.2 cm³/mol. The second kappa shape index (κ2) is 4.22. The molecule has 0 saturated carbocycles. The Labute approximate surface area is 106 Å². The Morgan fingerprint density at radius 2 is 1.87 bits per heavy atom. The third-order valence-corrected chi connectivity index (χ3v) is 3.74. The van der Waals surface area contributed by atoms with E-state index in [0.29, 0.717) is 5.56 Å². The lowest BCUT2D eigenvalue weighted by atomic mass is 10.1. The highest BCUT2D eigenvalue weighted by atomic mass is 127. The van der Waals surface area contributed by atoms with Gasteiger partial charge in [-0.1, -0.05) is 30.3 Å². The minimum absolute atomic E-state index is 0.711. The molecule has 0 aliphatic rings. The third kappa shape index (κ3) is 2.58. The lowest BCUT2D eigenvalue weighted by Gasteiger charge is -2.12. The Bertz CT molecular complexity index is 426. The lowest BCUT2D eigenvalue weighted by molar-refractivity contribution is 0.349. The fourth-order valence-electron chi connectivity index (χ4n) is 1.37. The highest BCUT2D eigenvalue weighted by Crippen LogP contribution is 2.34. The van der Waals surface area contributed by atoms with Crippen molar-refractivity contribution < 1.29 is 4.39 Å². The molecule has 0 aliphatic heterocycles. The van der Waals surface area contributed by atoms with Crippen molar-refractivity contribution in [2.24, 2.45) is 0 Å². The van der Waals surface area contributed by atoms with Crippen LogP contribution < -0.4 is 0 Å². The Kier molecular flexibility index (Phi) is 3.11. The van der Waals surface area contributed by atoms with Crippen molar-refractivity contribution >= 4 is 33.9 Å². The first-order chi connectivity index (χ1) is 7.07. The van der Waals surface area contributed by atoms with Crippen LogP contribution in [0.2, 0.25) is 0 Å². The third-order valence-electron chi connectivity index (χ3n) is 2.20. The Morgan fingerprint density at radius 1 is 1.20 bits per heavy atom. The van der Waals surface area contributed by atoms with Crippen molar-refractivity contribution in [3.8, 4) is 10.4 Å². The summed E-state index contributed by atoms with van der Waals surface area (Å²) in [6.45, 7) is 1.56. The van der Waals surface area contributed by atoms with Gasteiger partial charge in [-0.3, -0.25) is 0 Å². The molecule has 0 fully saturated rings. The molecule has 1 aromatic heterocycles. The smallest absolute Gasteiger partial charge is 0.183 e. The molecule has 1 unspecified atom stereocenters. The molecule has 3 heteroatoms. The number of benzene rings is 1. The van der Waals surface area contributed by atoms with Crippen LogP contribution in [0.15, 0.2) is 41.8 Å². The van der Waals surface area contributed by atoms with E-state index in [0.717, 1.165) is 5.56 Å². The van der Waals surface area contributed by atoms with Crippen LogP contribution in [0.3, 0.4) is 0 Å². The quantitative estimate of drug-likeness (QED) is 0.537. The van der Waals surface area contributed by atoms with Crippen molar-refractivity contribution in [3.63, 3.8) is 0 Å². The number of halogens is 2. The van der Waals surface area contributed by atoms with Gasteiger partial charge in [0.2, 0.25) is 0 Å². The molecular weight excluding hydrogens is 322 g/mol. The molecule has 0 nitrogen and oxygen atoms in total. The molecule has 15 heavy (non-hydrogen) atoms. The molecule has 0 bridgehead atoms. The van der Waals surface area contributed by atoms with Gasteiger partial charge in [-0.2, -0.15) is 0 Å². The zero-order valence-electron chi connectivity index (χ0n) is 8.21. The van der Waals surface area contributed by atoms with E-state index in [9.17, 15) is 4.39 Å². The average Bonchev–Trinajstić information content (AvgIpc) is 2.69. The number of thiophene rings is 1. The minimum atomic E-state index is -1.29. The summed E-state index contributed by atoms with van der Waals surface area (Å²) in [5.41, 5.74) is 1.86. The number of hydrogen-bond donors (Lipinski definition) is 0. The van der Waals surface area contributed by atoms with Crippen LogP contribution in [0.5, 0.6) is 0 Å². The van der Waals surface area contributed by atoms with E-state index in [1.54, 1.807) is 40.9 Å². The maximum atomic E-state index is 13.6. The van der Waals surface area contributed by atoms with Crippen LogP contribution in [-0.4, -0.2) is 0 Å². The molecule has 0 N–H and O–H groups in total. The molecule has 2 aromatic rings. The number of rotatable bonds is 2. The summed E-state index contributed by atoms with van der Waals surface area (Å²) in [6.07, 6.45) is 0. The lowest BCUT2D eigenvalue weighted by Crippen LogP contribution is -2.03. The highest BCUT2D eigenvalue weighted by Gasteiger charge is 2.20. The zero-order chi connectivity index (χ0) is 10.9. The monoisotopic (exact) mass is 332 g/mol. The second-order valence-corrected chi connectivity index (χ2v) is 6.42. The Hall–Kier alpha value is -0.420. The largest absolute Gasteiger partial charge is 0.227 e. The molecule has 1 atom stereocenters. The SMILES string of the molecule is CC(F)(I)c1ccc(-c2cccs2)cc1. The van der Waals surface area contributed by atoms with Crippen LogP contribution in [0, 0.1) is 0 Å². The maximum Gasteiger partial charge on any atom is 0.183 e. The van der Waals surface area contributed by atoms with Gasteiger partial charge in [-0.05, 0) is 52.1 Å². The second-order valence-electron chi connectivity index (χ2n) is 3.44. The van der Waals surface area contributed by atoms with Gasteiger partial charge in [0, 0.05) is 4.88 Å². The normalized spacial score (nSPS) is 14.9. The van der Waals surface area contributed by atoms with Crippen molar-refractivity contribution in [2.45, 2.75) is 10.6 Å². The van der Waals surface area contributed by atoms with E-state index >= 15 is 0 Å². The summed E-state index contributed by atoms with van der Waals surface area (Å²) in [6, 6.07) is 11.7. The summed E-state index contributed by atoms with van der Waals surface area (Å²) in [5.74, 6) is 0. The first-order valence-electron chi connectivity index (χ1n) is 4.59. The molecule has 0 radical (unpaired) electrons. The first kappa shape index (κ1) is 11.1. The molecule has 1 heterocycles. The van der Waals surface area contributed by atoms with Gasteiger partial charge in [-0.25, -0.2) is 4.39 Å². The highest BCUT2D eigenvalue weighted by molar-refractivity contribution is 14.1. The van der Waals surface area contributed by atoms with Gasteiger partial charge in [0.25, 0.3) is 0 Å². The minimum Gasteiger partial charge on any atom is -0.227 e. The number of hydrogen-bond acceptors (Lipinski definition) is 1. The van der Waals surface area contributed by atoms with Gasteiger partial charge < -0.3 is 0 Å². The van der Waals surface area contributed by atoms with Crippen molar-refractivity contribution in [3.05, 3.63) is 47.3 Å². The van der Waals surface area contributed by atoms with Crippen LogP contribution in [0.1, 0.15) is 12.5 Å². The van der Waals surface area contributed by atoms with Crippen LogP contribution in [0.4, 0.5) is 4.39 Å². The van der Waals surface area contributed by atoms with E-state index in [2.05, 4.69) is 6.07 Å². The summed E-state index contributed by atoms with van der Waals surface area (Å²) in [7, 11) is 0. The van der Waals surface area contributed by atoms with Gasteiger partial charge in [0.1, 0.15) is 0 Å². The molecule has 78 valence electrons. The molecule has 1 aromatic carbocycles. The van der Waals surface area contributed by atoms with E-state index in [1.807, 2.05) is 35.7 Å². The molecular formula is C12H10FIS.